The van der Waals surface area contributed by atoms with E-state index in [9.17, 15) is 8.42 Å². The number of nitrogens with one attached hydrogen (secondary N) is 1. The highest BCUT2D eigenvalue weighted by Crippen LogP contribution is 2.25. The Balaban J connectivity index is 2.22. The van der Waals surface area contributed by atoms with Gasteiger partial charge in [-0.1, -0.05) is 6.42 Å². The van der Waals surface area contributed by atoms with E-state index in [1.54, 1.807) is 0 Å². The van der Waals surface area contributed by atoms with Crippen molar-refractivity contribution in [1.82, 2.24) is 4.31 Å². The molecule has 1 aliphatic heterocycles. The molecule has 2 rings (SSSR count). The largest absolute Gasteiger partial charge is 0.397 e. The Bertz CT molecular complexity index is 636. The lowest BCUT2D eigenvalue weighted by Crippen LogP contribution is -2.44. The fraction of sp³-hybridized carbons (Fsp3) is 0.462. The lowest BCUT2D eigenvalue weighted by molar-refractivity contribution is 0.270. The smallest absolute Gasteiger partial charge is 0.301 e. The van der Waals surface area contributed by atoms with Gasteiger partial charge in [0.05, 0.1) is 23.0 Å². The van der Waals surface area contributed by atoms with Gasteiger partial charge in [-0.25, -0.2) is 0 Å². The van der Waals surface area contributed by atoms with E-state index in [1.165, 1.54) is 22.5 Å². The first kappa shape index (κ1) is 14.6. The van der Waals surface area contributed by atoms with Crippen LogP contribution in [0.4, 0.5) is 11.4 Å². The third kappa shape index (κ3) is 3.03. The van der Waals surface area contributed by atoms with Crippen LogP contribution in [0.3, 0.4) is 0 Å². The van der Waals surface area contributed by atoms with Gasteiger partial charge in [0.25, 0.3) is 0 Å². The summed E-state index contributed by atoms with van der Waals surface area (Å²) in [6, 6.07) is 6.45. The topological polar surface area (TPSA) is 99.2 Å². The molecule has 1 aromatic rings. The van der Waals surface area contributed by atoms with Crippen LogP contribution in [0.5, 0.6) is 0 Å². The fourth-order valence-corrected chi connectivity index (χ4v) is 3.88. The standard InChI is InChI=1S/C13H18N4O2S/c1-10-4-2-3-7-17(10)20(18,19)16-13-6-5-11(9-14)8-12(13)15/h5-6,8,10,16H,2-4,7,15H2,1H3. The lowest BCUT2D eigenvalue weighted by atomic mass is 10.1. The molecule has 1 atom stereocenters. The number of piperidine rings is 1. The SMILES string of the molecule is CC1CCCCN1S(=O)(=O)Nc1ccc(C#N)cc1N. The van der Waals surface area contributed by atoms with Gasteiger partial charge in [0, 0.05) is 12.6 Å². The zero-order chi connectivity index (χ0) is 14.8. The Morgan fingerprint density at radius 1 is 1.45 bits per heavy atom. The third-order valence-corrected chi connectivity index (χ3v) is 5.11. The Labute approximate surface area is 119 Å². The summed E-state index contributed by atoms with van der Waals surface area (Å²) in [7, 11) is -3.61. The van der Waals surface area contributed by atoms with Crippen molar-refractivity contribution in [1.29, 1.82) is 5.26 Å². The van der Waals surface area contributed by atoms with Crippen molar-refractivity contribution in [3.8, 4) is 6.07 Å². The van der Waals surface area contributed by atoms with Crippen LogP contribution in [0.25, 0.3) is 0 Å². The van der Waals surface area contributed by atoms with Crippen LogP contribution in [0.1, 0.15) is 31.7 Å². The summed E-state index contributed by atoms with van der Waals surface area (Å²) in [5.41, 5.74) is 6.73. The minimum Gasteiger partial charge on any atom is -0.397 e. The van der Waals surface area contributed by atoms with Crippen molar-refractivity contribution < 1.29 is 8.42 Å². The van der Waals surface area contributed by atoms with Crippen LogP contribution in [0.2, 0.25) is 0 Å². The maximum absolute atomic E-state index is 12.4. The maximum atomic E-state index is 12.4. The molecular formula is C13H18N4O2S. The molecule has 0 aliphatic carbocycles. The van der Waals surface area contributed by atoms with Crippen LogP contribution in [0.15, 0.2) is 18.2 Å². The van der Waals surface area contributed by atoms with E-state index >= 15 is 0 Å². The molecule has 1 saturated heterocycles. The van der Waals surface area contributed by atoms with Crippen LogP contribution in [0, 0.1) is 11.3 Å². The van der Waals surface area contributed by atoms with E-state index in [0.717, 1.165) is 19.3 Å². The molecule has 1 fully saturated rings. The Morgan fingerprint density at radius 3 is 2.80 bits per heavy atom. The molecule has 1 unspecified atom stereocenters. The van der Waals surface area contributed by atoms with Gasteiger partial charge in [-0.15, -0.1) is 0 Å². The van der Waals surface area contributed by atoms with Crippen molar-refractivity contribution in [3.63, 3.8) is 0 Å². The average molecular weight is 294 g/mol. The highest BCUT2D eigenvalue weighted by Gasteiger charge is 2.29. The molecule has 1 heterocycles. The normalized spacial score (nSPS) is 20.3. The van der Waals surface area contributed by atoms with Gasteiger partial charge in [-0.3, -0.25) is 4.72 Å². The molecule has 0 radical (unpaired) electrons. The molecule has 1 aromatic carbocycles. The summed E-state index contributed by atoms with van der Waals surface area (Å²) in [5, 5.41) is 8.77. The number of rotatable bonds is 3. The molecule has 0 bridgehead atoms. The molecule has 0 amide bonds. The average Bonchev–Trinajstić information content (AvgIpc) is 2.41. The number of hydrogen-bond acceptors (Lipinski definition) is 4. The Morgan fingerprint density at radius 2 is 2.20 bits per heavy atom. The first-order valence-electron chi connectivity index (χ1n) is 6.53. The minimum atomic E-state index is -3.61. The zero-order valence-electron chi connectivity index (χ0n) is 11.3. The number of anilines is 2. The van der Waals surface area contributed by atoms with E-state index < -0.39 is 10.2 Å². The first-order chi connectivity index (χ1) is 9.44. The molecule has 0 saturated carbocycles. The van der Waals surface area contributed by atoms with Crippen LogP contribution in [-0.2, 0) is 10.2 Å². The predicted molar refractivity (Wildman–Crippen MR) is 78.1 cm³/mol. The van der Waals surface area contributed by atoms with Gasteiger partial charge < -0.3 is 5.73 Å². The molecule has 0 spiro atoms. The van der Waals surface area contributed by atoms with Crippen molar-refractivity contribution in [2.75, 3.05) is 17.0 Å². The van der Waals surface area contributed by atoms with Crippen molar-refractivity contribution in [2.24, 2.45) is 0 Å². The number of nitriles is 1. The summed E-state index contributed by atoms with van der Waals surface area (Å²) in [4.78, 5) is 0. The quantitative estimate of drug-likeness (QED) is 0.828. The number of nitrogen functional groups attached to an aromatic ring is 1. The maximum Gasteiger partial charge on any atom is 0.301 e. The number of nitrogens with zero attached hydrogens (tertiary/aromatic N) is 2. The summed E-state index contributed by atoms with van der Waals surface area (Å²) >= 11 is 0. The van der Waals surface area contributed by atoms with Gasteiger partial charge in [-0.2, -0.15) is 18.0 Å². The highest BCUT2D eigenvalue weighted by atomic mass is 32.2. The van der Waals surface area contributed by atoms with E-state index in [1.807, 2.05) is 13.0 Å². The molecule has 1 aliphatic rings. The van der Waals surface area contributed by atoms with Gasteiger partial charge in [0.15, 0.2) is 0 Å². The number of benzene rings is 1. The van der Waals surface area contributed by atoms with Gasteiger partial charge in [-0.05, 0) is 38.0 Å². The highest BCUT2D eigenvalue weighted by molar-refractivity contribution is 7.90. The Hall–Kier alpha value is -1.78. The fourth-order valence-electron chi connectivity index (χ4n) is 2.35. The Kier molecular flexibility index (Phi) is 4.16. The zero-order valence-corrected chi connectivity index (χ0v) is 12.2. The molecule has 7 heteroatoms. The van der Waals surface area contributed by atoms with Gasteiger partial charge >= 0.3 is 10.2 Å². The number of nitrogens with two attached hydrogens (primary N) is 1. The van der Waals surface area contributed by atoms with Gasteiger partial charge in [0.1, 0.15) is 0 Å². The van der Waals surface area contributed by atoms with E-state index in [0.29, 0.717) is 17.8 Å². The van der Waals surface area contributed by atoms with Crippen molar-refractivity contribution in [3.05, 3.63) is 23.8 Å². The van der Waals surface area contributed by atoms with E-state index in [4.69, 9.17) is 11.0 Å². The summed E-state index contributed by atoms with van der Waals surface area (Å²) in [5.74, 6) is 0. The third-order valence-electron chi connectivity index (χ3n) is 3.47. The summed E-state index contributed by atoms with van der Waals surface area (Å²) < 4.78 is 28.7. The van der Waals surface area contributed by atoms with E-state index in [2.05, 4.69) is 4.72 Å². The number of hydrogen-bond donors (Lipinski definition) is 2. The van der Waals surface area contributed by atoms with Crippen LogP contribution in [-0.4, -0.2) is 25.3 Å². The second-order valence-corrected chi connectivity index (χ2v) is 6.60. The van der Waals surface area contributed by atoms with E-state index in [-0.39, 0.29) is 11.7 Å². The van der Waals surface area contributed by atoms with Crippen LogP contribution >= 0.6 is 0 Å². The van der Waals surface area contributed by atoms with Crippen molar-refractivity contribution >= 4 is 21.6 Å². The van der Waals surface area contributed by atoms with Crippen LogP contribution < -0.4 is 10.5 Å². The lowest BCUT2D eigenvalue weighted by Gasteiger charge is -2.32. The molecule has 20 heavy (non-hydrogen) atoms. The second-order valence-electron chi connectivity index (χ2n) is 4.98. The molecule has 0 aromatic heterocycles. The molecular weight excluding hydrogens is 276 g/mol. The summed E-state index contributed by atoms with van der Waals surface area (Å²) in [6.45, 7) is 2.42. The monoisotopic (exact) mass is 294 g/mol. The van der Waals surface area contributed by atoms with Gasteiger partial charge in [0.2, 0.25) is 0 Å². The first-order valence-corrected chi connectivity index (χ1v) is 7.97. The second kappa shape index (κ2) is 5.69. The molecule has 6 nitrogen and oxygen atoms in total. The van der Waals surface area contributed by atoms with Crippen molar-refractivity contribution in [2.45, 2.75) is 32.2 Å². The predicted octanol–water partition coefficient (Wildman–Crippen LogP) is 1.67. The summed E-state index contributed by atoms with van der Waals surface area (Å²) in [6.07, 6.45) is 2.78. The minimum absolute atomic E-state index is 0.0131. The molecule has 3 N–H and O–H groups in total. The molecule has 108 valence electrons.